The van der Waals surface area contributed by atoms with Crippen LogP contribution in [0.15, 0.2) is 6.07 Å². The highest BCUT2D eigenvalue weighted by Crippen LogP contribution is 2.54. The molecule has 1 fully saturated rings. The molecule has 2 aliphatic rings. The summed E-state index contributed by atoms with van der Waals surface area (Å²) >= 11 is 0. The van der Waals surface area contributed by atoms with Crippen molar-refractivity contribution in [2.24, 2.45) is 10.8 Å². The van der Waals surface area contributed by atoms with E-state index in [1.807, 2.05) is 7.11 Å². The van der Waals surface area contributed by atoms with Gasteiger partial charge in [0.15, 0.2) is 0 Å². The first-order valence-electron chi connectivity index (χ1n) is 8.09. The summed E-state index contributed by atoms with van der Waals surface area (Å²) in [4.78, 5) is 0. The minimum atomic E-state index is -0.315. The molecule has 3 atom stereocenters. The molecule has 118 valence electrons. The number of aryl methyl sites for hydroxylation is 1. The summed E-state index contributed by atoms with van der Waals surface area (Å²) in [6.07, 6.45) is 3.00. The van der Waals surface area contributed by atoms with Crippen LogP contribution in [0.3, 0.4) is 0 Å². The topological polar surface area (TPSA) is 34.4 Å². The Bertz CT molecular complexity index is 556. The third kappa shape index (κ3) is 2.17. The van der Waals surface area contributed by atoms with Crippen LogP contribution in [0.1, 0.15) is 69.6 Å². The molecule has 21 heavy (non-hydrogen) atoms. The second-order valence-electron chi connectivity index (χ2n) is 8.42. The fourth-order valence-electron chi connectivity index (χ4n) is 4.50. The van der Waals surface area contributed by atoms with Crippen molar-refractivity contribution in [1.29, 1.82) is 0 Å². The number of rotatable bonds is 2. The number of aliphatic hydroxyl groups excluding tert-OH is 1. The van der Waals surface area contributed by atoms with Crippen molar-refractivity contribution in [3.63, 3.8) is 0 Å². The van der Waals surface area contributed by atoms with Crippen molar-refractivity contribution in [2.45, 2.75) is 72.1 Å². The number of hydrogen-bond donors (Lipinski definition) is 1. The lowest BCUT2D eigenvalue weighted by atomic mass is 9.64. The number of ether oxygens (including phenoxy) is 1. The van der Waals surface area contributed by atoms with Crippen LogP contribution in [0.2, 0.25) is 0 Å². The summed E-state index contributed by atoms with van der Waals surface area (Å²) < 4.78 is 8.11. The number of methoxy groups -OCH3 is 1. The number of nitrogens with zero attached hydrogens (tertiary/aromatic N) is 1. The number of hydrogen-bond acceptors (Lipinski definition) is 2. The Kier molecular flexibility index (Phi) is 3.31. The molecule has 1 heterocycles. The van der Waals surface area contributed by atoms with Crippen molar-refractivity contribution >= 4 is 0 Å². The summed E-state index contributed by atoms with van der Waals surface area (Å²) in [5, 5.41) is 10.5. The van der Waals surface area contributed by atoms with Crippen LogP contribution in [0, 0.1) is 17.8 Å². The third-order valence-electron chi connectivity index (χ3n) is 5.84. The zero-order chi connectivity index (χ0) is 15.6. The maximum atomic E-state index is 10.5. The van der Waals surface area contributed by atoms with E-state index in [0.717, 1.165) is 24.8 Å². The predicted octanol–water partition coefficient (Wildman–Crippen LogP) is 3.79. The molecule has 0 amide bonds. The Morgan fingerprint density at radius 2 is 1.95 bits per heavy atom. The molecule has 0 aromatic carbocycles. The summed E-state index contributed by atoms with van der Waals surface area (Å²) in [7, 11) is 1.81. The Morgan fingerprint density at radius 1 is 1.29 bits per heavy atom. The average Bonchev–Trinajstić information content (AvgIpc) is 2.65. The lowest BCUT2D eigenvalue weighted by Crippen LogP contribution is -2.51. The van der Waals surface area contributed by atoms with Crippen LogP contribution in [-0.2, 0) is 11.2 Å². The van der Waals surface area contributed by atoms with E-state index >= 15 is 0 Å². The molecule has 0 bridgehead atoms. The number of aliphatic hydroxyl groups is 1. The van der Waals surface area contributed by atoms with Crippen molar-refractivity contribution < 1.29 is 9.84 Å². The summed E-state index contributed by atoms with van der Waals surface area (Å²) in [6.45, 7) is 11.3. The van der Waals surface area contributed by atoms with Crippen LogP contribution >= 0.6 is 0 Å². The van der Waals surface area contributed by atoms with E-state index in [-0.39, 0.29) is 16.9 Å². The molecule has 0 radical (unpaired) electrons. The van der Waals surface area contributed by atoms with Gasteiger partial charge in [0.05, 0.1) is 12.2 Å². The lowest BCUT2D eigenvalue weighted by molar-refractivity contribution is -0.114. The van der Waals surface area contributed by atoms with Gasteiger partial charge in [-0.2, -0.15) is 0 Å². The Morgan fingerprint density at radius 3 is 2.52 bits per heavy atom. The van der Waals surface area contributed by atoms with Gasteiger partial charge in [-0.25, -0.2) is 0 Å². The smallest absolute Gasteiger partial charge is 0.0812 e. The molecule has 3 nitrogen and oxygen atoms in total. The maximum Gasteiger partial charge on any atom is 0.0812 e. The molecule has 3 unspecified atom stereocenters. The van der Waals surface area contributed by atoms with Gasteiger partial charge in [0, 0.05) is 35.5 Å². The second-order valence-corrected chi connectivity index (χ2v) is 8.42. The molecule has 0 spiro atoms. The second kappa shape index (κ2) is 4.60. The van der Waals surface area contributed by atoms with E-state index < -0.39 is 0 Å². The van der Waals surface area contributed by atoms with Gasteiger partial charge in [0.25, 0.3) is 0 Å². The SMILES string of the molecule is COC1CC(n2c(C)cc3c2CC(C)(C)CC3O)C1(C)C. The molecule has 1 aromatic rings. The molecule has 1 N–H and O–H groups in total. The summed E-state index contributed by atoms with van der Waals surface area (Å²) in [6, 6.07) is 2.68. The Balaban J connectivity index is 2.02. The minimum absolute atomic E-state index is 0.152. The van der Waals surface area contributed by atoms with Gasteiger partial charge >= 0.3 is 0 Å². The van der Waals surface area contributed by atoms with Crippen LogP contribution in [0.5, 0.6) is 0 Å². The molecule has 1 saturated carbocycles. The molecule has 3 rings (SSSR count). The van der Waals surface area contributed by atoms with Crippen molar-refractivity contribution in [2.75, 3.05) is 7.11 Å². The van der Waals surface area contributed by atoms with Gasteiger partial charge in [0.1, 0.15) is 0 Å². The minimum Gasteiger partial charge on any atom is -0.388 e. The van der Waals surface area contributed by atoms with E-state index in [0.29, 0.717) is 12.1 Å². The van der Waals surface area contributed by atoms with Crippen LogP contribution in [0.25, 0.3) is 0 Å². The van der Waals surface area contributed by atoms with Gasteiger partial charge in [-0.05, 0) is 37.7 Å². The molecule has 1 aromatic heterocycles. The lowest BCUT2D eigenvalue weighted by Gasteiger charge is -2.53. The van der Waals surface area contributed by atoms with Crippen LogP contribution in [0.4, 0.5) is 0 Å². The average molecular weight is 291 g/mol. The largest absolute Gasteiger partial charge is 0.388 e. The zero-order valence-corrected chi connectivity index (χ0v) is 14.2. The van der Waals surface area contributed by atoms with Gasteiger partial charge in [-0.1, -0.05) is 27.7 Å². The third-order valence-corrected chi connectivity index (χ3v) is 5.84. The van der Waals surface area contributed by atoms with Crippen molar-refractivity contribution in [1.82, 2.24) is 4.57 Å². The van der Waals surface area contributed by atoms with E-state index in [1.54, 1.807) is 0 Å². The van der Waals surface area contributed by atoms with Crippen LogP contribution in [-0.4, -0.2) is 22.9 Å². The van der Waals surface area contributed by atoms with Crippen LogP contribution < -0.4 is 0 Å². The van der Waals surface area contributed by atoms with Crippen molar-refractivity contribution in [3.8, 4) is 0 Å². The zero-order valence-electron chi connectivity index (χ0n) is 14.2. The first-order chi connectivity index (χ1) is 9.67. The van der Waals surface area contributed by atoms with Gasteiger partial charge < -0.3 is 14.4 Å². The Labute approximate surface area is 128 Å². The van der Waals surface area contributed by atoms with Crippen molar-refractivity contribution in [3.05, 3.63) is 23.0 Å². The molecule has 2 aliphatic carbocycles. The highest BCUT2D eigenvalue weighted by Gasteiger charge is 2.51. The molecule has 0 aliphatic heterocycles. The standard InChI is InChI=1S/C18H29NO2/c1-11-7-12-13(9-17(2,3)10-14(12)20)19(11)15-8-16(21-6)18(15,4)5/h7,14-16,20H,8-10H2,1-6H3. The van der Waals surface area contributed by atoms with E-state index in [9.17, 15) is 5.11 Å². The Hall–Kier alpha value is -0.800. The summed E-state index contributed by atoms with van der Waals surface area (Å²) in [5.41, 5.74) is 4.11. The molecular weight excluding hydrogens is 262 g/mol. The first-order valence-corrected chi connectivity index (χ1v) is 8.09. The van der Waals surface area contributed by atoms with E-state index in [2.05, 4.69) is 45.3 Å². The highest BCUT2D eigenvalue weighted by molar-refractivity contribution is 5.35. The van der Waals surface area contributed by atoms with Gasteiger partial charge in [0.2, 0.25) is 0 Å². The monoisotopic (exact) mass is 291 g/mol. The van der Waals surface area contributed by atoms with E-state index in [4.69, 9.17) is 4.74 Å². The summed E-state index contributed by atoms with van der Waals surface area (Å²) in [5.74, 6) is 0. The fourth-order valence-corrected chi connectivity index (χ4v) is 4.50. The molecule has 3 heteroatoms. The molecule has 0 saturated heterocycles. The quantitative estimate of drug-likeness (QED) is 0.899. The number of fused-ring (bicyclic) bond motifs is 1. The highest BCUT2D eigenvalue weighted by atomic mass is 16.5. The fraction of sp³-hybridized carbons (Fsp3) is 0.778. The van der Waals surface area contributed by atoms with Gasteiger partial charge in [-0.3, -0.25) is 0 Å². The predicted molar refractivity (Wildman–Crippen MR) is 84.5 cm³/mol. The maximum absolute atomic E-state index is 10.5. The number of aromatic nitrogens is 1. The first kappa shape index (κ1) is 15.1. The normalized spacial score (nSPS) is 33.4. The van der Waals surface area contributed by atoms with E-state index in [1.165, 1.54) is 11.4 Å². The van der Waals surface area contributed by atoms with Gasteiger partial charge in [-0.15, -0.1) is 0 Å². The molecular formula is C18H29NO2.